The topological polar surface area (TPSA) is 55.4 Å². The first-order valence-electron chi connectivity index (χ1n) is 9.81. The second kappa shape index (κ2) is 13.6. The van der Waals surface area contributed by atoms with Crippen LogP contribution in [-0.4, -0.2) is 69.2 Å². The summed E-state index contributed by atoms with van der Waals surface area (Å²) in [5.74, 6) is 0. The molecular weight excluding hydrogens is 461 g/mol. The molecule has 0 fully saturated rings. The van der Waals surface area contributed by atoms with Crippen molar-refractivity contribution in [2.75, 3.05) is 7.11 Å². The van der Waals surface area contributed by atoms with Gasteiger partial charge in [-0.15, -0.1) is 0 Å². The van der Waals surface area contributed by atoms with E-state index in [0.29, 0.717) is 0 Å². The SMILES string of the molecule is CO[Si](C)(C)O[SiH](C)O[Si](C)(C)C.C[SiH](C)O[SiH](C)O[Si](C)(C)O[SiH](C)C. The first-order valence-corrected chi connectivity index (χ1v) is 28.6. The fourth-order valence-corrected chi connectivity index (χ4v) is 22.8. The third-order valence-corrected chi connectivity index (χ3v) is 23.1. The summed E-state index contributed by atoms with van der Waals surface area (Å²) in [6.07, 6.45) is 0. The predicted octanol–water partition coefficient (Wildman–Crippen LogP) is 3.61. The molecule has 13 heteroatoms. The first-order chi connectivity index (χ1) is 11.9. The van der Waals surface area contributed by atoms with E-state index in [1.165, 1.54) is 0 Å². The van der Waals surface area contributed by atoms with E-state index in [1.807, 2.05) is 13.1 Å². The van der Waals surface area contributed by atoms with Crippen LogP contribution in [0.2, 0.25) is 85.1 Å². The molecule has 0 aromatic carbocycles. The lowest BCUT2D eigenvalue weighted by Gasteiger charge is -2.29. The molecule has 0 N–H and O–H groups in total. The summed E-state index contributed by atoms with van der Waals surface area (Å²) in [5, 5.41) is 0. The van der Waals surface area contributed by atoms with E-state index in [-0.39, 0.29) is 0 Å². The minimum Gasteiger partial charge on any atom is -0.442 e. The average Bonchev–Trinajstić information content (AvgIpc) is 2.32. The maximum Gasteiger partial charge on any atom is 0.322 e. The van der Waals surface area contributed by atoms with Crippen LogP contribution >= 0.6 is 0 Å². The summed E-state index contributed by atoms with van der Waals surface area (Å²) in [4.78, 5) is 0. The Morgan fingerprint density at radius 3 is 1.30 bits per heavy atom. The van der Waals surface area contributed by atoms with Crippen molar-refractivity contribution in [1.82, 2.24) is 0 Å². The van der Waals surface area contributed by atoms with Crippen LogP contribution in [0.1, 0.15) is 0 Å². The Balaban J connectivity index is 0. The Morgan fingerprint density at radius 2 is 0.963 bits per heavy atom. The number of hydrogen-bond donors (Lipinski definition) is 0. The standard InChI is InChI=1S/C7H24O3Si4.C7H22O3Si3/c1-11(2)8-13(5)10-14(6,7)9-12(3)4;1-8-13(6,7)10-11(2)9-12(3,4)5/h11-13H,1-7H3;11H,1-7H3. The van der Waals surface area contributed by atoms with Crippen molar-refractivity contribution >= 4 is 62.1 Å². The smallest absolute Gasteiger partial charge is 0.322 e. The molecule has 2 atom stereocenters. The lowest BCUT2D eigenvalue weighted by molar-refractivity contribution is 0.292. The summed E-state index contributed by atoms with van der Waals surface area (Å²) in [6, 6.07) is 0. The molecule has 0 aliphatic rings. The Labute approximate surface area is 179 Å². The monoisotopic (exact) mass is 506 g/mol. The molecule has 0 radical (unpaired) electrons. The van der Waals surface area contributed by atoms with Gasteiger partial charge in [-0.3, -0.25) is 0 Å². The third kappa shape index (κ3) is 21.8. The first kappa shape index (κ1) is 30.5. The largest absolute Gasteiger partial charge is 0.442 e. The van der Waals surface area contributed by atoms with Crippen molar-refractivity contribution in [2.24, 2.45) is 0 Å². The molecular formula is C14H46O6Si7. The normalized spacial score (nSPS) is 15.6. The van der Waals surface area contributed by atoms with Gasteiger partial charge in [0, 0.05) is 7.11 Å². The predicted molar refractivity (Wildman–Crippen MR) is 135 cm³/mol. The van der Waals surface area contributed by atoms with Gasteiger partial charge in [0.1, 0.15) is 0 Å². The second-order valence-corrected chi connectivity index (χ2v) is 30.5. The minimum atomic E-state index is -1.88. The molecule has 6 nitrogen and oxygen atoms in total. The van der Waals surface area contributed by atoms with Gasteiger partial charge in [0.25, 0.3) is 18.6 Å². The Morgan fingerprint density at radius 1 is 0.519 bits per heavy atom. The van der Waals surface area contributed by atoms with Crippen LogP contribution in [0, 0.1) is 0 Å². The molecule has 0 aromatic heterocycles. The fraction of sp³-hybridized carbons (Fsp3) is 1.00. The van der Waals surface area contributed by atoms with Gasteiger partial charge in [0.15, 0.2) is 26.4 Å². The molecule has 0 heterocycles. The molecule has 0 spiro atoms. The molecule has 0 rings (SSSR count). The van der Waals surface area contributed by atoms with Gasteiger partial charge in [-0.2, -0.15) is 0 Å². The van der Waals surface area contributed by atoms with Gasteiger partial charge >= 0.3 is 17.1 Å². The van der Waals surface area contributed by atoms with Gasteiger partial charge in [-0.05, 0) is 85.1 Å². The summed E-state index contributed by atoms with van der Waals surface area (Å²) in [7, 11) is -8.28. The van der Waals surface area contributed by atoms with Crippen LogP contribution in [0.15, 0.2) is 0 Å². The van der Waals surface area contributed by atoms with Crippen LogP contribution in [0.4, 0.5) is 0 Å². The fourth-order valence-electron chi connectivity index (χ4n) is 2.38. The van der Waals surface area contributed by atoms with Gasteiger partial charge in [0.05, 0.1) is 0 Å². The van der Waals surface area contributed by atoms with Crippen molar-refractivity contribution in [2.45, 2.75) is 85.1 Å². The molecule has 0 saturated carbocycles. The minimum absolute atomic E-state index is 0.939. The van der Waals surface area contributed by atoms with Crippen molar-refractivity contribution < 1.29 is 25.0 Å². The zero-order valence-corrected chi connectivity index (χ0v) is 27.9. The molecule has 2 unspecified atom stereocenters. The molecule has 0 saturated heterocycles. The van der Waals surface area contributed by atoms with Gasteiger partial charge in [-0.25, -0.2) is 0 Å². The lowest BCUT2D eigenvalue weighted by Crippen LogP contribution is -2.44. The van der Waals surface area contributed by atoms with E-state index >= 15 is 0 Å². The van der Waals surface area contributed by atoms with Gasteiger partial charge in [-0.1, -0.05) is 0 Å². The molecule has 0 aliphatic carbocycles. The van der Waals surface area contributed by atoms with E-state index < -0.39 is 62.1 Å². The van der Waals surface area contributed by atoms with Crippen LogP contribution in [0.25, 0.3) is 0 Å². The van der Waals surface area contributed by atoms with E-state index in [0.717, 1.165) is 0 Å². The quantitative estimate of drug-likeness (QED) is 0.399. The van der Waals surface area contributed by atoms with Crippen molar-refractivity contribution in [1.29, 1.82) is 0 Å². The molecule has 27 heavy (non-hydrogen) atoms. The molecule has 0 aromatic rings. The summed E-state index contributed by atoms with van der Waals surface area (Å²) < 4.78 is 34.7. The average molecular weight is 507 g/mol. The third-order valence-electron chi connectivity index (χ3n) is 2.89. The zero-order chi connectivity index (χ0) is 22.1. The lowest BCUT2D eigenvalue weighted by atomic mass is 11.8. The molecule has 166 valence electrons. The van der Waals surface area contributed by atoms with E-state index in [4.69, 9.17) is 25.0 Å². The highest BCUT2D eigenvalue weighted by Crippen LogP contribution is 2.12. The van der Waals surface area contributed by atoms with E-state index in [9.17, 15) is 0 Å². The van der Waals surface area contributed by atoms with Crippen LogP contribution in [0.3, 0.4) is 0 Å². The highest BCUT2D eigenvalue weighted by Gasteiger charge is 2.30. The maximum absolute atomic E-state index is 5.96. The van der Waals surface area contributed by atoms with Crippen molar-refractivity contribution in [3.05, 3.63) is 0 Å². The van der Waals surface area contributed by atoms with Gasteiger partial charge in [0.2, 0.25) is 0 Å². The zero-order valence-electron chi connectivity index (χ0n) is 20.3. The van der Waals surface area contributed by atoms with Crippen molar-refractivity contribution in [3.8, 4) is 0 Å². The Kier molecular flexibility index (Phi) is 15.3. The van der Waals surface area contributed by atoms with Gasteiger partial charge < -0.3 is 25.0 Å². The number of rotatable bonds is 11. The van der Waals surface area contributed by atoms with E-state index in [2.05, 4.69) is 72.0 Å². The maximum atomic E-state index is 5.96. The Bertz CT molecular complexity index is 391. The summed E-state index contributed by atoms with van der Waals surface area (Å²) >= 11 is 0. The van der Waals surface area contributed by atoms with Crippen LogP contribution < -0.4 is 0 Å². The summed E-state index contributed by atoms with van der Waals surface area (Å²) in [5.41, 5.74) is 0. The second-order valence-electron chi connectivity index (χ2n) is 8.96. The highest BCUT2D eigenvalue weighted by molar-refractivity contribution is 6.79. The van der Waals surface area contributed by atoms with E-state index in [1.54, 1.807) is 7.11 Å². The van der Waals surface area contributed by atoms with Crippen LogP contribution in [-0.2, 0) is 25.0 Å². The van der Waals surface area contributed by atoms with Crippen LogP contribution in [0.5, 0.6) is 0 Å². The highest BCUT2D eigenvalue weighted by atomic mass is 28.5. The molecule has 0 aliphatic heterocycles. The number of hydrogen-bond acceptors (Lipinski definition) is 6. The summed E-state index contributed by atoms with van der Waals surface area (Å²) in [6.45, 7) is 27.8. The molecule has 0 bridgehead atoms. The molecule has 0 amide bonds. The Hall–Kier alpha value is 1.28. The van der Waals surface area contributed by atoms with Crippen molar-refractivity contribution in [3.63, 3.8) is 0 Å².